The highest BCUT2D eigenvalue weighted by molar-refractivity contribution is 5.92. The Balaban J connectivity index is 0.000001000. The summed E-state index contributed by atoms with van der Waals surface area (Å²) in [5, 5.41) is 14.9. The molecule has 2 N–H and O–H groups in total. The average Bonchev–Trinajstić information content (AvgIpc) is 2.81. The molecule has 5 nitrogen and oxygen atoms in total. The highest BCUT2D eigenvalue weighted by Crippen LogP contribution is 2.21. The van der Waals surface area contributed by atoms with Gasteiger partial charge in [-0.2, -0.15) is 9.61 Å². The summed E-state index contributed by atoms with van der Waals surface area (Å²) in [5.74, 6) is 1.01. The lowest BCUT2D eigenvalue weighted by Gasteiger charge is -2.12. The van der Waals surface area contributed by atoms with Crippen LogP contribution in [0.15, 0.2) is 30.5 Å². The molecule has 1 atom stereocenters. The molecule has 20 heavy (non-hydrogen) atoms. The van der Waals surface area contributed by atoms with E-state index >= 15 is 0 Å². The number of hydrogen-bond acceptors (Lipinski definition) is 4. The van der Waals surface area contributed by atoms with E-state index in [0.29, 0.717) is 11.7 Å². The molecule has 0 aliphatic heterocycles. The first kappa shape index (κ1) is 16.6. The second kappa shape index (κ2) is 6.35. The minimum absolute atomic E-state index is 0. The van der Waals surface area contributed by atoms with Crippen molar-refractivity contribution in [3.8, 4) is 0 Å². The Morgan fingerprint density at radius 2 is 1.80 bits per heavy atom. The lowest BCUT2D eigenvalue weighted by atomic mass is 10.1. The molecule has 0 aliphatic rings. The molecule has 0 radical (unpaired) electrons. The summed E-state index contributed by atoms with van der Waals surface area (Å²) >= 11 is 0. The van der Waals surface area contributed by atoms with Gasteiger partial charge in [0, 0.05) is 10.8 Å². The van der Waals surface area contributed by atoms with E-state index in [1.54, 1.807) is 4.52 Å². The highest BCUT2D eigenvalue weighted by atomic mass is 35.5. The van der Waals surface area contributed by atoms with Gasteiger partial charge in [-0.25, -0.2) is 0 Å². The molecule has 0 bridgehead atoms. The normalized spacial score (nSPS) is 12.2. The van der Waals surface area contributed by atoms with Gasteiger partial charge in [0.2, 0.25) is 0 Å². The molecule has 0 spiro atoms. The molecule has 7 heteroatoms. The molecule has 3 rings (SSSR count). The molecule has 0 aliphatic carbocycles. The quantitative estimate of drug-likeness (QED) is 0.789. The van der Waals surface area contributed by atoms with Crippen molar-refractivity contribution in [3.05, 3.63) is 36.3 Å². The van der Waals surface area contributed by atoms with Crippen molar-refractivity contribution in [2.45, 2.75) is 19.9 Å². The lowest BCUT2D eigenvalue weighted by Crippen LogP contribution is -2.20. The molecule has 2 heterocycles. The molecule has 0 amide bonds. The third kappa shape index (κ3) is 2.57. The average molecular weight is 314 g/mol. The minimum Gasteiger partial charge on any atom is -0.321 e. The summed E-state index contributed by atoms with van der Waals surface area (Å²) in [7, 11) is 0. The summed E-state index contributed by atoms with van der Waals surface area (Å²) in [5.41, 5.74) is 6.89. The van der Waals surface area contributed by atoms with E-state index in [9.17, 15) is 0 Å². The summed E-state index contributed by atoms with van der Waals surface area (Å²) in [6.07, 6.45) is 1.82. The van der Waals surface area contributed by atoms with Crippen molar-refractivity contribution in [2.24, 2.45) is 11.7 Å². The van der Waals surface area contributed by atoms with Crippen molar-refractivity contribution in [2.75, 3.05) is 0 Å². The fourth-order valence-corrected chi connectivity index (χ4v) is 2.01. The highest BCUT2D eigenvalue weighted by Gasteiger charge is 2.18. The SMILES string of the molecule is CC(C)[C@H](N)c1nnc2c3ccccc3cnn12.Cl.Cl. The zero-order valence-electron chi connectivity index (χ0n) is 11.2. The summed E-state index contributed by atoms with van der Waals surface area (Å²) in [6.45, 7) is 4.12. The van der Waals surface area contributed by atoms with Crippen LogP contribution in [-0.4, -0.2) is 19.8 Å². The van der Waals surface area contributed by atoms with Crippen LogP contribution in [0.3, 0.4) is 0 Å². The first-order chi connectivity index (χ1) is 8.68. The maximum absolute atomic E-state index is 6.13. The standard InChI is InChI=1S/C13H15N5.2ClH/c1-8(2)11(14)13-17-16-12-10-6-4-3-5-9(10)7-15-18(12)13;;/h3-8,11H,14H2,1-2H3;2*1H/t11-;;/m0../s1. The summed E-state index contributed by atoms with van der Waals surface area (Å²) < 4.78 is 1.74. The molecule has 0 unspecified atom stereocenters. The molecule has 108 valence electrons. The zero-order chi connectivity index (χ0) is 12.7. The van der Waals surface area contributed by atoms with Crippen LogP contribution < -0.4 is 5.73 Å². The van der Waals surface area contributed by atoms with Crippen LogP contribution in [0, 0.1) is 5.92 Å². The Morgan fingerprint density at radius 3 is 2.50 bits per heavy atom. The maximum Gasteiger partial charge on any atom is 0.185 e. The lowest BCUT2D eigenvalue weighted by molar-refractivity contribution is 0.480. The van der Waals surface area contributed by atoms with Gasteiger partial charge in [-0.05, 0) is 5.92 Å². The van der Waals surface area contributed by atoms with Crippen LogP contribution in [0.25, 0.3) is 16.4 Å². The summed E-state index contributed by atoms with van der Waals surface area (Å²) in [4.78, 5) is 0. The number of benzene rings is 1. The molecule has 0 saturated heterocycles. The van der Waals surface area contributed by atoms with Crippen LogP contribution in [0.1, 0.15) is 25.7 Å². The molecule has 3 aromatic rings. The van der Waals surface area contributed by atoms with E-state index in [-0.39, 0.29) is 30.9 Å². The smallest absolute Gasteiger partial charge is 0.185 e. The van der Waals surface area contributed by atoms with E-state index in [1.165, 1.54) is 0 Å². The van der Waals surface area contributed by atoms with Gasteiger partial charge < -0.3 is 5.73 Å². The number of nitrogens with two attached hydrogens (primary N) is 1. The van der Waals surface area contributed by atoms with Crippen molar-refractivity contribution >= 4 is 41.2 Å². The van der Waals surface area contributed by atoms with Gasteiger partial charge in [0.1, 0.15) is 0 Å². The van der Waals surface area contributed by atoms with Crippen molar-refractivity contribution < 1.29 is 0 Å². The predicted molar refractivity (Wildman–Crippen MR) is 84.6 cm³/mol. The van der Waals surface area contributed by atoms with Gasteiger partial charge in [0.05, 0.1) is 12.2 Å². The Labute approximate surface area is 129 Å². The Kier molecular flexibility index (Phi) is 5.28. The van der Waals surface area contributed by atoms with E-state index in [2.05, 4.69) is 29.1 Å². The van der Waals surface area contributed by atoms with E-state index < -0.39 is 0 Å². The number of nitrogens with zero attached hydrogens (tertiary/aromatic N) is 4. The predicted octanol–water partition coefficient (Wildman–Crippen LogP) is 2.78. The van der Waals surface area contributed by atoms with Gasteiger partial charge in [-0.15, -0.1) is 35.0 Å². The van der Waals surface area contributed by atoms with Gasteiger partial charge >= 0.3 is 0 Å². The fourth-order valence-electron chi connectivity index (χ4n) is 2.01. The number of fused-ring (bicyclic) bond motifs is 3. The second-order valence-corrected chi connectivity index (χ2v) is 4.80. The minimum atomic E-state index is -0.159. The molecular formula is C13H17Cl2N5. The third-order valence-corrected chi connectivity index (χ3v) is 3.20. The largest absolute Gasteiger partial charge is 0.321 e. The van der Waals surface area contributed by atoms with Gasteiger partial charge in [0.25, 0.3) is 0 Å². The first-order valence-electron chi connectivity index (χ1n) is 6.03. The first-order valence-corrected chi connectivity index (χ1v) is 6.03. The molecule has 1 aromatic carbocycles. The van der Waals surface area contributed by atoms with Crippen molar-refractivity contribution in [1.82, 2.24) is 19.8 Å². The van der Waals surface area contributed by atoms with Crippen LogP contribution in [0.4, 0.5) is 0 Å². The molecule has 2 aromatic heterocycles. The van der Waals surface area contributed by atoms with Gasteiger partial charge in [0.15, 0.2) is 11.5 Å². The topological polar surface area (TPSA) is 69.1 Å². The Morgan fingerprint density at radius 1 is 1.10 bits per heavy atom. The van der Waals surface area contributed by atoms with E-state index in [0.717, 1.165) is 16.4 Å². The fraction of sp³-hybridized carbons (Fsp3) is 0.308. The Bertz CT molecular complexity index is 710. The summed E-state index contributed by atoms with van der Waals surface area (Å²) in [6, 6.07) is 7.84. The number of aromatic nitrogens is 4. The monoisotopic (exact) mass is 313 g/mol. The van der Waals surface area contributed by atoms with Crippen molar-refractivity contribution in [3.63, 3.8) is 0 Å². The zero-order valence-corrected chi connectivity index (χ0v) is 12.9. The van der Waals surface area contributed by atoms with Gasteiger partial charge in [-0.1, -0.05) is 38.1 Å². The van der Waals surface area contributed by atoms with Crippen LogP contribution in [-0.2, 0) is 0 Å². The number of rotatable bonds is 2. The molecular weight excluding hydrogens is 297 g/mol. The van der Waals surface area contributed by atoms with Crippen molar-refractivity contribution in [1.29, 1.82) is 0 Å². The van der Waals surface area contributed by atoms with Crippen LogP contribution >= 0.6 is 24.8 Å². The molecule has 0 saturated carbocycles. The number of halogens is 2. The molecule has 0 fully saturated rings. The van der Waals surface area contributed by atoms with Crippen LogP contribution in [0.5, 0.6) is 0 Å². The van der Waals surface area contributed by atoms with Gasteiger partial charge in [-0.3, -0.25) is 0 Å². The van der Waals surface area contributed by atoms with E-state index in [1.807, 2.05) is 30.5 Å². The Hall–Kier alpha value is -1.43. The van der Waals surface area contributed by atoms with Crippen LogP contribution in [0.2, 0.25) is 0 Å². The third-order valence-electron chi connectivity index (χ3n) is 3.20. The second-order valence-electron chi connectivity index (χ2n) is 4.80. The van der Waals surface area contributed by atoms with E-state index in [4.69, 9.17) is 5.73 Å². The number of hydrogen-bond donors (Lipinski definition) is 1. The maximum atomic E-state index is 6.13.